The number of halogens is 3. The molecule has 0 spiro atoms. The molecule has 0 amide bonds. The van der Waals surface area contributed by atoms with Gasteiger partial charge in [0.15, 0.2) is 0 Å². The molecule has 4 rings (SSSR count). The number of para-hydroxylation sites is 1. The van der Waals surface area contributed by atoms with Crippen molar-refractivity contribution in [2.75, 3.05) is 31.6 Å². The fourth-order valence-corrected chi connectivity index (χ4v) is 4.48. The van der Waals surface area contributed by atoms with Crippen LogP contribution >= 0.6 is 0 Å². The van der Waals surface area contributed by atoms with Gasteiger partial charge in [-0.1, -0.05) is 18.2 Å². The smallest absolute Gasteiger partial charge is 0.417 e. The van der Waals surface area contributed by atoms with Crippen LogP contribution in [-0.2, 0) is 6.18 Å². The van der Waals surface area contributed by atoms with E-state index in [-0.39, 0.29) is 11.3 Å². The van der Waals surface area contributed by atoms with Gasteiger partial charge in [-0.2, -0.15) is 13.2 Å². The first-order valence-corrected chi connectivity index (χ1v) is 11.6. The van der Waals surface area contributed by atoms with E-state index in [1.165, 1.54) is 25.0 Å². The molecule has 1 atom stereocenters. The summed E-state index contributed by atoms with van der Waals surface area (Å²) in [6, 6.07) is 13.1. The maximum atomic E-state index is 13.8. The highest BCUT2D eigenvalue weighted by Crippen LogP contribution is 2.40. The normalized spacial score (nSPS) is 16.7. The summed E-state index contributed by atoms with van der Waals surface area (Å²) in [5.41, 5.74) is 1.04. The minimum Gasteiger partial charge on any atom is -0.494 e. The maximum absolute atomic E-state index is 13.8. The second-order valence-electron chi connectivity index (χ2n) is 8.49. The molecule has 4 nitrogen and oxygen atoms in total. The summed E-state index contributed by atoms with van der Waals surface area (Å²) in [5.74, 6) is 1.09. The zero-order valence-electron chi connectivity index (χ0n) is 18.8. The van der Waals surface area contributed by atoms with Crippen LogP contribution in [0.1, 0.15) is 38.2 Å². The largest absolute Gasteiger partial charge is 0.494 e. The third-order valence-electron chi connectivity index (χ3n) is 6.10. The zero-order chi connectivity index (χ0) is 23.3. The van der Waals surface area contributed by atoms with Crippen molar-refractivity contribution in [3.05, 3.63) is 54.1 Å². The molecule has 3 aromatic rings. The Hall–Kier alpha value is -2.80. The third kappa shape index (κ3) is 5.77. The number of rotatable bonds is 8. The van der Waals surface area contributed by atoms with E-state index >= 15 is 0 Å². The third-order valence-corrected chi connectivity index (χ3v) is 6.10. The highest BCUT2D eigenvalue weighted by Gasteiger charge is 2.34. The number of aromatic nitrogens is 1. The first kappa shape index (κ1) is 23.4. The van der Waals surface area contributed by atoms with Crippen molar-refractivity contribution in [1.29, 1.82) is 0 Å². The Morgan fingerprint density at radius 3 is 2.76 bits per heavy atom. The van der Waals surface area contributed by atoms with Crippen LogP contribution in [0.15, 0.2) is 48.5 Å². The van der Waals surface area contributed by atoms with Gasteiger partial charge < -0.3 is 15.4 Å². The van der Waals surface area contributed by atoms with Crippen molar-refractivity contribution in [2.45, 2.75) is 38.8 Å². The molecule has 2 aromatic carbocycles. The second-order valence-corrected chi connectivity index (χ2v) is 8.49. The fraction of sp³-hybridized carbons (Fsp3) is 0.423. The van der Waals surface area contributed by atoms with Crippen LogP contribution in [-0.4, -0.2) is 31.2 Å². The fourth-order valence-electron chi connectivity index (χ4n) is 4.48. The van der Waals surface area contributed by atoms with E-state index in [2.05, 4.69) is 15.6 Å². The number of piperidine rings is 1. The number of fused-ring (bicyclic) bond motifs is 1. The van der Waals surface area contributed by atoms with Gasteiger partial charge >= 0.3 is 6.18 Å². The molecule has 176 valence electrons. The van der Waals surface area contributed by atoms with Gasteiger partial charge in [-0.05, 0) is 81.9 Å². The van der Waals surface area contributed by atoms with E-state index in [0.29, 0.717) is 23.8 Å². The van der Waals surface area contributed by atoms with E-state index in [4.69, 9.17) is 4.74 Å². The molecule has 0 saturated carbocycles. The number of alkyl halides is 3. The van der Waals surface area contributed by atoms with Gasteiger partial charge in [-0.15, -0.1) is 0 Å². The predicted molar refractivity (Wildman–Crippen MR) is 127 cm³/mol. The lowest BCUT2D eigenvalue weighted by Crippen LogP contribution is -2.29. The minimum atomic E-state index is -4.49. The number of benzene rings is 2. The average Bonchev–Trinajstić information content (AvgIpc) is 2.82. The number of pyridine rings is 1. The predicted octanol–water partition coefficient (Wildman–Crippen LogP) is 6.51. The molecule has 1 aromatic heterocycles. The SMILES string of the molecule is CCOc1ccc(C(F)(F)F)c(-c2cc(NCCCC3CCCNC3)c3ccccc3n2)c1. The topological polar surface area (TPSA) is 46.2 Å². The average molecular weight is 458 g/mol. The van der Waals surface area contributed by atoms with Gasteiger partial charge in [0.25, 0.3) is 0 Å². The second kappa shape index (κ2) is 10.4. The molecule has 0 radical (unpaired) electrons. The van der Waals surface area contributed by atoms with E-state index in [0.717, 1.165) is 49.6 Å². The molecule has 1 unspecified atom stereocenters. The quantitative estimate of drug-likeness (QED) is 0.379. The number of ether oxygens (including phenoxy) is 1. The highest BCUT2D eigenvalue weighted by molar-refractivity contribution is 5.94. The molecule has 2 heterocycles. The van der Waals surface area contributed by atoms with E-state index in [9.17, 15) is 13.2 Å². The highest BCUT2D eigenvalue weighted by atomic mass is 19.4. The zero-order valence-corrected chi connectivity index (χ0v) is 18.8. The lowest BCUT2D eigenvalue weighted by Gasteiger charge is -2.22. The van der Waals surface area contributed by atoms with E-state index in [1.54, 1.807) is 13.0 Å². The van der Waals surface area contributed by atoms with Gasteiger partial charge in [0.1, 0.15) is 5.75 Å². The summed E-state index contributed by atoms with van der Waals surface area (Å²) >= 11 is 0. The Kier molecular flexibility index (Phi) is 7.38. The lowest BCUT2D eigenvalue weighted by atomic mass is 9.95. The van der Waals surface area contributed by atoms with Crippen molar-refractivity contribution in [3.8, 4) is 17.0 Å². The van der Waals surface area contributed by atoms with Crippen molar-refractivity contribution in [1.82, 2.24) is 10.3 Å². The molecule has 7 heteroatoms. The molecule has 1 fully saturated rings. The Balaban J connectivity index is 1.64. The summed E-state index contributed by atoms with van der Waals surface area (Å²) in [6.07, 6.45) is 0.121. The van der Waals surface area contributed by atoms with Gasteiger partial charge in [0.05, 0.1) is 23.4 Å². The van der Waals surface area contributed by atoms with Crippen molar-refractivity contribution in [2.24, 2.45) is 5.92 Å². The van der Waals surface area contributed by atoms with E-state index < -0.39 is 11.7 Å². The van der Waals surface area contributed by atoms with Crippen LogP contribution in [0.2, 0.25) is 0 Å². The Bertz CT molecular complexity index is 1080. The van der Waals surface area contributed by atoms with Crippen LogP contribution in [0.3, 0.4) is 0 Å². The van der Waals surface area contributed by atoms with E-state index in [1.807, 2.05) is 24.3 Å². The number of hydrogen-bond acceptors (Lipinski definition) is 4. The first-order chi connectivity index (χ1) is 16.0. The Labute approximate surface area is 192 Å². The standard InChI is InChI=1S/C26H30F3N3O/c1-2-33-19-11-12-22(26(27,28)29)21(15-19)25-16-24(20-9-3-4-10-23(20)32-25)31-14-6-8-18-7-5-13-30-17-18/h3-4,9-12,15-16,18,30H,2,5-8,13-14,17H2,1H3,(H,31,32). The van der Waals surface area contributed by atoms with Crippen molar-refractivity contribution < 1.29 is 17.9 Å². The monoisotopic (exact) mass is 457 g/mol. The summed E-state index contributed by atoms with van der Waals surface area (Å²) < 4.78 is 46.9. The number of nitrogens with zero attached hydrogens (tertiary/aromatic N) is 1. The summed E-state index contributed by atoms with van der Waals surface area (Å²) in [5, 5.41) is 7.80. The van der Waals surface area contributed by atoms with Gasteiger partial charge in [0, 0.05) is 23.2 Å². The molecule has 1 saturated heterocycles. The number of anilines is 1. The first-order valence-electron chi connectivity index (χ1n) is 11.6. The summed E-state index contributed by atoms with van der Waals surface area (Å²) in [6.45, 7) is 5.11. The van der Waals surface area contributed by atoms with Gasteiger partial charge in [-0.25, -0.2) is 4.98 Å². The number of nitrogens with one attached hydrogen (secondary N) is 2. The Morgan fingerprint density at radius 2 is 2.00 bits per heavy atom. The molecular weight excluding hydrogens is 427 g/mol. The molecule has 0 bridgehead atoms. The van der Waals surface area contributed by atoms with Gasteiger partial charge in [0.2, 0.25) is 0 Å². The minimum absolute atomic E-state index is 0.0236. The van der Waals surface area contributed by atoms with Gasteiger partial charge in [-0.3, -0.25) is 0 Å². The van der Waals surface area contributed by atoms with Crippen LogP contribution in [0.5, 0.6) is 5.75 Å². The summed E-state index contributed by atoms with van der Waals surface area (Å²) in [7, 11) is 0. The van der Waals surface area contributed by atoms with Crippen LogP contribution in [0, 0.1) is 5.92 Å². The van der Waals surface area contributed by atoms with Crippen LogP contribution in [0.25, 0.3) is 22.2 Å². The molecule has 33 heavy (non-hydrogen) atoms. The summed E-state index contributed by atoms with van der Waals surface area (Å²) in [4.78, 5) is 4.58. The van der Waals surface area contributed by atoms with Crippen LogP contribution in [0.4, 0.5) is 18.9 Å². The lowest BCUT2D eigenvalue weighted by molar-refractivity contribution is -0.137. The van der Waals surface area contributed by atoms with Crippen molar-refractivity contribution in [3.63, 3.8) is 0 Å². The molecule has 1 aliphatic heterocycles. The van der Waals surface area contributed by atoms with Crippen LogP contribution < -0.4 is 15.4 Å². The maximum Gasteiger partial charge on any atom is 0.417 e. The molecule has 0 aliphatic carbocycles. The molecular formula is C26H30F3N3O. The Morgan fingerprint density at radius 1 is 1.15 bits per heavy atom. The van der Waals surface area contributed by atoms with Crippen molar-refractivity contribution >= 4 is 16.6 Å². The molecule has 2 N–H and O–H groups in total. The molecule has 1 aliphatic rings. The number of hydrogen-bond donors (Lipinski definition) is 2.